The largest absolute Gasteiger partial charge is 0.492 e. The Morgan fingerprint density at radius 3 is 2.48 bits per heavy atom. The topological polar surface area (TPSA) is 84.5 Å². The van der Waals surface area contributed by atoms with Gasteiger partial charge in [-0.2, -0.15) is 0 Å². The maximum Gasteiger partial charge on any atom is 0.240 e. The molecule has 0 bridgehead atoms. The molecule has 25 heavy (non-hydrogen) atoms. The van der Waals surface area contributed by atoms with E-state index in [1.807, 2.05) is 6.92 Å². The molecule has 0 fully saturated rings. The summed E-state index contributed by atoms with van der Waals surface area (Å²) in [4.78, 5) is 11.9. The molecule has 134 valence electrons. The first-order chi connectivity index (χ1) is 11.9. The standard InChI is InChI=1S/C17H19FN2O4S/c1-2-24-16-6-4-3-5-15(16)20-17(21)11-12-19-25(22,23)14-9-7-13(18)8-10-14/h3-10,19H,2,11-12H2,1H3,(H,20,21). The smallest absolute Gasteiger partial charge is 0.240 e. The van der Waals surface area contributed by atoms with E-state index in [4.69, 9.17) is 4.74 Å². The first kappa shape index (κ1) is 18.9. The lowest BCUT2D eigenvalue weighted by Gasteiger charge is -2.11. The van der Waals surface area contributed by atoms with Crippen molar-refractivity contribution < 1.29 is 22.3 Å². The van der Waals surface area contributed by atoms with Crippen LogP contribution in [0.25, 0.3) is 0 Å². The van der Waals surface area contributed by atoms with E-state index in [2.05, 4.69) is 10.0 Å². The van der Waals surface area contributed by atoms with Crippen molar-refractivity contribution in [3.8, 4) is 5.75 Å². The van der Waals surface area contributed by atoms with Crippen LogP contribution in [0.4, 0.5) is 10.1 Å². The van der Waals surface area contributed by atoms with Gasteiger partial charge < -0.3 is 10.1 Å². The third-order valence-corrected chi connectivity index (χ3v) is 4.71. The van der Waals surface area contributed by atoms with Gasteiger partial charge in [-0.15, -0.1) is 0 Å². The second-order valence-corrected chi connectivity index (χ2v) is 6.85. The third kappa shape index (κ3) is 5.54. The molecule has 0 saturated carbocycles. The zero-order chi connectivity index (χ0) is 18.3. The van der Waals surface area contributed by atoms with Gasteiger partial charge in [-0.25, -0.2) is 17.5 Å². The summed E-state index contributed by atoms with van der Waals surface area (Å²) >= 11 is 0. The Hall–Kier alpha value is -2.45. The van der Waals surface area contributed by atoms with Crippen molar-refractivity contribution in [2.75, 3.05) is 18.5 Å². The Morgan fingerprint density at radius 1 is 1.12 bits per heavy atom. The lowest BCUT2D eigenvalue weighted by Crippen LogP contribution is -2.28. The van der Waals surface area contributed by atoms with Crippen molar-refractivity contribution in [3.05, 3.63) is 54.3 Å². The molecule has 0 aromatic heterocycles. The van der Waals surface area contributed by atoms with Crippen molar-refractivity contribution in [2.45, 2.75) is 18.2 Å². The predicted molar refractivity (Wildman–Crippen MR) is 92.4 cm³/mol. The summed E-state index contributed by atoms with van der Waals surface area (Å²) in [5.74, 6) is -0.328. The fraction of sp³-hybridized carbons (Fsp3) is 0.235. The highest BCUT2D eigenvalue weighted by atomic mass is 32.2. The summed E-state index contributed by atoms with van der Waals surface area (Å²) in [6, 6.07) is 11.4. The molecule has 0 atom stereocenters. The zero-order valence-corrected chi connectivity index (χ0v) is 14.5. The highest BCUT2D eigenvalue weighted by Gasteiger charge is 2.14. The van der Waals surface area contributed by atoms with Crippen LogP contribution in [-0.2, 0) is 14.8 Å². The van der Waals surface area contributed by atoms with Crippen LogP contribution in [0.1, 0.15) is 13.3 Å². The number of carbonyl (C=O) groups is 1. The van der Waals surface area contributed by atoms with Gasteiger partial charge in [0.05, 0.1) is 17.2 Å². The van der Waals surface area contributed by atoms with E-state index in [0.717, 1.165) is 24.3 Å². The summed E-state index contributed by atoms with van der Waals surface area (Å²) in [6.45, 7) is 2.22. The number of para-hydroxylation sites is 2. The minimum atomic E-state index is -3.78. The zero-order valence-electron chi connectivity index (χ0n) is 13.7. The molecule has 0 saturated heterocycles. The number of amides is 1. The van der Waals surface area contributed by atoms with E-state index in [9.17, 15) is 17.6 Å². The van der Waals surface area contributed by atoms with Crippen LogP contribution in [0.2, 0.25) is 0 Å². The maximum atomic E-state index is 12.8. The number of halogens is 1. The summed E-state index contributed by atoms with van der Waals surface area (Å²) in [6.07, 6.45) is -0.0547. The van der Waals surface area contributed by atoms with Crippen molar-refractivity contribution in [2.24, 2.45) is 0 Å². The SMILES string of the molecule is CCOc1ccccc1NC(=O)CCNS(=O)(=O)c1ccc(F)cc1. The Labute approximate surface area is 146 Å². The normalized spacial score (nSPS) is 11.1. The number of sulfonamides is 1. The van der Waals surface area contributed by atoms with Crippen molar-refractivity contribution >= 4 is 21.6 Å². The van der Waals surface area contributed by atoms with Gasteiger partial charge in [0.15, 0.2) is 0 Å². The summed E-state index contributed by atoms with van der Waals surface area (Å²) in [5, 5.41) is 2.68. The van der Waals surface area contributed by atoms with E-state index >= 15 is 0 Å². The minimum Gasteiger partial charge on any atom is -0.492 e. The molecule has 0 spiro atoms. The van der Waals surface area contributed by atoms with E-state index < -0.39 is 15.8 Å². The summed E-state index contributed by atoms with van der Waals surface area (Å²) in [5.41, 5.74) is 0.524. The minimum absolute atomic E-state index is 0.0547. The van der Waals surface area contributed by atoms with Gasteiger partial charge in [0.1, 0.15) is 11.6 Å². The van der Waals surface area contributed by atoms with E-state index in [1.54, 1.807) is 24.3 Å². The van der Waals surface area contributed by atoms with Crippen LogP contribution in [0.3, 0.4) is 0 Å². The average Bonchev–Trinajstić information content (AvgIpc) is 2.57. The number of rotatable bonds is 8. The van der Waals surface area contributed by atoms with Crippen molar-refractivity contribution in [3.63, 3.8) is 0 Å². The average molecular weight is 366 g/mol. The van der Waals surface area contributed by atoms with Gasteiger partial charge in [0.25, 0.3) is 0 Å². The van der Waals surface area contributed by atoms with Gasteiger partial charge in [0, 0.05) is 13.0 Å². The van der Waals surface area contributed by atoms with Crippen LogP contribution >= 0.6 is 0 Å². The Bertz CT molecular complexity index is 823. The molecule has 1 amide bonds. The van der Waals surface area contributed by atoms with Crippen molar-refractivity contribution in [1.29, 1.82) is 0 Å². The number of carbonyl (C=O) groups excluding carboxylic acids is 1. The molecule has 2 aromatic carbocycles. The Morgan fingerprint density at radius 2 is 1.80 bits per heavy atom. The molecule has 2 aromatic rings. The van der Waals surface area contributed by atoms with Gasteiger partial charge in [-0.3, -0.25) is 4.79 Å². The van der Waals surface area contributed by atoms with E-state index in [1.165, 1.54) is 0 Å². The van der Waals surface area contributed by atoms with Crippen molar-refractivity contribution in [1.82, 2.24) is 4.72 Å². The predicted octanol–water partition coefficient (Wildman–Crippen LogP) is 2.53. The van der Waals surface area contributed by atoms with Crippen LogP contribution in [0.5, 0.6) is 5.75 Å². The molecule has 2 rings (SSSR count). The summed E-state index contributed by atoms with van der Waals surface area (Å²) in [7, 11) is -3.78. The van der Waals surface area contributed by atoms with Gasteiger partial charge >= 0.3 is 0 Å². The maximum absolute atomic E-state index is 12.8. The fourth-order valence-electron chi connectivity index (χ4n) is 2.06. The molecule has 0 aliphatic heterocycles. The monoisotopic (exact) mass is 366 g/mol. The molecule has 0 radical (unpaired) electrons. The van der Waals surface area contributed by atoms with Crippen LogP contribution in [0, 0.1) is 5.82 Å². The quantitative estimate of drug-likeness (QED) is 0.752. The number of hydrogen-bond acceptors (Lipinski definition) is 4. The third-order valence-electron chi connectivity index (χ3n) is 3.23. The molecule has 0 unspecified atom stereocenters. The first-order valence-corrected chi connectivity index (χ1v) is 9.17. The second-order valence-electron chi connectivity index (χ2n) is 5.08. The molecule has 0 aliphatic rings. The van der Waals surface area contributed by atoms with Crippen LogP contribution in [0.15, 0.2) is 53.4 Å². The van der Waals surface area contributed by atoms with E-state index in [0.29, 0.717) is 18.0 Å². The molecule has 0 heterocycles. The molecular formula is C17H19FN2O4S. The molecule has 2 N–H and O–H groups in total. The van der Waals surface area contributed by atoms with Gasteiger partial charge in [0.2, 0.25) is 15.9 Å². The van der Waals surface area contributed by atoms with Crippen LogP contribution < -0.4 is 14.8 Å². The highest BCUT2D eigenvalue weighted by molar-refractivity contribution is 7.89. The number of benzene rings is 2. The van der Waals surface area contributed by atoms with Crippen LogP contribution in [-0.4, -0.2) is 27.5 Å². The Balaban J connectivity index is 1.89. The lowest BCUT2D eigenvalue weighted by molar-refractivity contribution is -0.116. The van der Waals surface area contributed by atoms with Gasteiger partial charge in [-0.1, -0.05) is 12.1 Å². The first-order valence-electron chi connectivity index (χ1n) is 7.69. The van der Waals surface area contributed by atoms with Gasteiger partial charge in [-0.05, 0) is 43.3 Å². The number of hydrogen-bond donors (Lipinski definition) is 2. The fourth-order valence-corrected chi connectivity index (χ4v) is 3.09. The number of anilines is 1. The Kier molecular flexibility index (Phi) is 6.49. The summed E-state index contributed by atoms with van der Waals surface area (Å²) < 4.78 is 44.6. The number of nitrogens with one attached hydrogen (secondary N) is 2. The molecule has 6 nitrogen and oxygen atoms in total. The highest BCUT2D eigenvalue weighted by Crippen LogP contribution is 2.23. The molecular weight excluding hydrogens is 347 g/mol. The number of ether oxygens (including phenoxy) is 1. The lowest BCUT2D eigenvalue weighted by atomic mass is 10.3. The molecule has 0 aliphatic carbocycles. The second kappa shape index (κ2) is 8.59. The molecule has 8 heteroatoms. The van der Waals surface area contributed by atoms with E-state index in [-0.39, 0.29) is 23.8 Å².